The maximum absolute atomic E-state index is 11.6. The van der Waals surface area contributed by atoms with Gasteiger partial charge in [0.1, 0.15) is 11.1 Å². The largest absolute Gasteiger partial charge is 0.438 e. The van der Waals surface area contributed by atoms with Gasteiger partial charge in [0.25, 0.3) is 0 Å². The zero-order valence-electron chi connectivity index (χ0n) is 19.8. The van der Waals surface area contributed by atoms with Gasteiger partial charge in [-0.3, -0.25) is 9.89 Å². The number of H-pyrrole nitrogens is 1. The SMILES string of the molecule is CCC(=O)Nc1ccc(Oc2nc(Nc3ccc(N4CCN(C)CC4)cc3)nc3[nH]ncc23)cc1. The van der Waals surface area contributed by atoms with Crippen LogP contribution in [0.5, 0.6) is 11.6 Å². The van der Waals surface area contributed by atoms with Crippen LogP contribution in [0.3, 0.4) is 0 Å². The van der Waals surface area contributed by atoms with Crippen molar-refractivity contribution in [2.24, 2.45) is 0 Å². The Kier molecular flexibility index (Phi) is 6.44. The highest BCUT2D eigenvalue weighted by molar-refractivity contribution is 5.90. The van der Waals surface area contributed by atoms with E-state index in [-0.39, 0.29) is 5.91 Å². The molecule has 3 heterocycles. The average Bonchev–Trinajstić information content (AvgIpc) is 3.35. The van der Waals surface area contributed by atoms with Crippen molar-refractivity contribution in [2.45, 2.75) is 13.3 Å². The normalized spacial score (nSPS) is 14.2. The van der Waals surface area contributed by atoms with Gasteiger partial charge in [-0.2, -0.15) is 15.1 Å². The number of hydrogen-bond donors (Lipinski definition) is 3. The van der Waals surface area contributed by atoms with Crippen molar-refractivity contribution in [3.8, 4) is 11.6 Å². The number of piperazine rings is 1. The number of aromatic nitrogens is 4. The standard InChI is InChI=1S/C25H28N8O2/c1-3-22(34)27-17-6-10-20(11-7-17)35-24-21-16-26-31-23(21)29-25(30-24)28-18-4-8-19(9-5-18)33-14-12-32(2)13-15-33/h4-11,16H,3,12-15H2,1-2H3,(H,27,34)(H2,26,28,29,30,31). The smallest absolute Gasteiger partial charge is 0.235 e. The summed E-state index contributed by atoms with van der Waals surface area (Å²) in [4.78, 5) is 25.4. The van der Waals surface area contributed by atoms with Crippen LogP contribution in [0.25, 0.3) is 11.0 Å². The van der Waals surface area contributed by atoms with Crippen molar-refractivity contribution < 1.29 is 9.53 Å². The monoisotopic (exact) mass is 472 g/mol. The molecule has 10 nitrogen and oxygen atoms in total. The molecule has 1 fully saturated rings. The zero-order valence-corrected chi connectivity index (χ0v) is 19.8. The summed E-state index contributed by atoms with van der Waals surface area (Å²) in [6.07, 6.45) is 2.06. The van der Waals surface area contributed by atoms with Crippen LogP contribution >= 0.6 is 0 Å². The maximum atomic E-state index is 11.6. The van der Waals surface area contributed by atoms with Gasteiger partial charge >= 0.3 is 0 Å². The third-order valence-corrected chi connectivity index (χ3v) is 5.94. The summed E-state index contributed by atoms with van der Waals surface area (Å²) in [5.41, 5.74) is 3.36. The lowest BCUT2D eigenvalue weighted by molar-refractivity contribution is -0.115. The first-order valence-electron chi connectivity index (χ1n) is 11.7. The van der Waals surface area contributed by atoms with Gasteiger partial charge in [-0.1, -0.05) is 6.92 Å². The molecule has 1 aliphatic heterocycles. The molecule has 35 heavy (non-hydrogen) atoms. The minimum Gasteiger partial charge on any atom is -0.438 e. The van der Waals surface area contributed by atoms with Crippen molar-refractivity contribution in [1.29, 1.82) is 0 Å². The van der Waals surface area contributed by atoms with E-state index in [1.54, 1.807) is 30.5 Å². The average molecular weight is 473 g/mol. The van der Waals surface area contributed by atoms with E-state index in [1.807, 2.05) is 19.1 Å². The van der Waals surface area contributed by atoms with Gasteiger partial charge in [0.05, 0.1) is 6.20 Å². The molecular formula is C25H28N8O2. The summed E-state index contributed by atoms with van der Waals surface area (Å²) in [6, 6.07) is 15.4. The van der Waals surface area contributed by atoms with Gasteiger partial charge in [-0.25, -0.2) is 0 Å². The Morgan fingerprint density at radius 1 is 1.00 bits per heavy atom. The maximum Gasteiger partial charge on any atom is 0.235 e. The van der Waals surface area contributed by atoms with Crippen LogP contribution in [-0.4, -0.2) is 64.2 Å². The fourth-order valence-corrected chi connectivity index (χ4v) is 3.86. The van der Waals surface area contributed by atoms with E-state index < -0.39 is 0 Å². The number of nitrogens with zero attached hydrogens (tertiary/aromatic N) is 5. The number of amides is 1. The van der Waals surface area contributed by atoms with Crippen molar-refractivity contribution in [2.75, 3.05) is 48.8 Å². The molecule has 5 rings (SSSR count). The molecule has 0 atom stereocenters. The van der Waals surface area contributed by atoms with Crippen LogP contribution < -0.4 is 20.3 Å². The number of anilines is 4. The van der Waals surface area contributed by atoms with Gasteiger partial charge < -0.3 is 25.2 Å². The first-order valence-corrected chi connectivity index (χ1v) is 11.7. The number of ether oxygens (including phenoxy) is 1. The highest BCUT2D eigenvalue weighted by Crippen LogP contribution is 2.29. The summed E-state index contributed by atoms with van der Waals surface area (Å²) >= 11 is 0. The van der Waals surface area contributed by atoms with Crippen molar-refractivity contribution >= 4 is 40.0 Å². The molecule has 2 aromatic carbocycles. The van der Waals surface area contributed by atoms with E-state index in [4.69, 9.17) is 4.74 Å². The molecule has 180 valence electrons. The highest BCUT2D eigenvalue weighted by Gasteiger charge is 2.15. The lowest BCUT2D eigenvalue weighted by Gasteiger charge is -2.34. The molecule has 0 spiro atoms. The topological polar surface area (TPSA) is 111 Å². The highest BCUT2D eigenvalue weighted by atomic mass is 16.5. The molecule has 2 aromatic heterocycles. The fraction of sp³-hybridized carbons (Fsp3) is 0.280. The minimum atomic E-state index is -0.0399. The van der Waals surface area contributed by atoms with E-state index in [0.29, 0.717) is 40.7 Å². The zero-order chi connectivity index (χ0) is 24.2. The Labute approximate surface area is 203 Å². The lowest BCUT2D eigenvalue weighted by atomic mass is 10.2. The van der Waals surface area contributed by atoms with E-state index >= 15 is 0 Å². The number of carbonyl (C=O) groups excluding carboxylic acids is 1. The van der Waals surface area contributed by atoms with Crippen LogP contribution in [-0.2, 0) is 4.79 Å². The molecule has 10 heteroatoms. The first kappa shape index (κ1) is 22.6. The minimum absolute atomic E-state index is 0.0399. The summed E-state index contributed by atoms with van der Waals surface area (Å²) in [7, 11) is 2.15. The Bertz CT molecular complexity index is 1300. The van der Waals surface area contributed by atoms with Crippen LogP contribution in [0.2, 0.25) is 0 Å². The second-order valence-corrected chi connectivity index (χ2v) is 8.48. The lowest BCUT2D eigenvalue weighted by Crippen LogP contribution is -2.44. The Morgan fingerprint density at radius 3 is 2.43 bits per heavy atom. The first-order chi connectivity index (χ1) is 17.1. The molecule has 0 bridgehead atoms. The van der Waals surface area contributed by atoms with Gasteiger partial charge in [0.2, 0.25) is 17.7 Å². The number of hydrogen-bond acceptors (Lipinski definition) is 8. The number of aromatic amines is 1. The van der Waals surface area contributed by atoms with Crippen LogP contribution in [0.4, 0.5) is 23.0 Å². The molecular weight excluding hydrogens is 444 g/mol. The summed E-state index contributed by atoms with van der Waals surface area (Å²) < 4.78 is 6.05. The molecule has 1 aliphatic rings. The number of likely N-dealkylation sites (N-methyl/N-ethyl adjacent to an activating group) is 1. The summed E-state index contributed by atoms with van der Waals surface area (Å²) in [6.45, 7) is 5.99. The Morgan fingerprint density at radius 2 is 1.71 bits per heavy atom. The molecule has 1 amide bonds. The molecule has 0 unspecified atom stereocenters. The number of fused-ring (bicyclic) bond motifs is 1. The van der Waals surface area contributed by atoms with Gasteiger partial charge in [-0.15, -0.1) is 0 Å². The van der Waals surface area contributed by atoms with Crippen LogP contribution in [0.15, 0.2) is 54.7 Å². The van der Waals surface area contributed by atoms with Crippen molar-refractivity contribution in [3.63, 3.8) is 0 Å². The fourth-order valence-electron chi connectivity index (χ4n) is 3.86. The van der Waals surface area contributed by atoms with Gasteiger partial charge in [-0.05, 0) is 55.6 Å². The van der Waals surface area contributed by atoms with Crippen molar-refractivity contribution in [1.82, 2.24) is 25.1 Å². The quantitative estimate of drug-likeness (QED) is 0.370. The van der Waals surface area contributed by atoms with E-state index in [9.17, 15) is 4.79 Å². The number of nitrogens with one attached hydrogen (secondary N) is 3. The van der Waals surface area contributed by atoms with Gasteiger partial charge in [0, 0.05) is 49.7 Å². The third-order valence-electron chi connectivity index (χ3n) is 5.94. The van der Waals surface area contributed by atoms with E-state index in [2.05, 4.69) is 59.8 Å². The predicted molar refractivity (Wildman–Crippen MR) is 137 cm³/mol. The van der Waals surface area contributed by atoms with Crippen LogP contribution in [0, 0.1) is 0 Å². The molecule has 0 radical (unpaired) electrons. The van der Waals surface area contributed by atoms with E-state index in [1.165, 1.54) is 5.69 Å². The molecule has 1 saturated heterocycles. The molecule has 0 aliphatic carbocycles. The van der Waals surface area contributed by atoms with Gasteiger partial charge in [0.15, 0.2) is 5.65 Å². The second kappa shape index (κ2) is 9.98. The summed E-state index contributed by atoms with van der Waals surface area (Å²) in [5.74, 6) is 1.33. The molecule has 0 saturated carbocycles. The second-order valence-electron chi connectivity index (χ2n) is 8.48. The number of carbonyl (C=O) groups is 1. The van der Waals surface area contributed by atoms with Crippen LogP contribution in [0.1, 0.15) is 13.3 Å². The molecule has 4 aromatic rings. The third kappa shape index (κ3) is 5.33. The Hall–Kier alpha value is -4.18. The van der Waals surface area contributed by atoms with Crippen molar-refractivity contribution in [3.05, 3.63) is 54.7 Å². The Balaban J connectivity index is 1.31. The van der Waals surface area contributed by atoms with E-state index in [0.717, 1.165) is 31.9 Å². The number of benzene rings is 2. The number of rotatable bonds is 7. The molecule has 3 N–H and O–H groups in total. The predicted octanol–water partition coefficient (Wildman–Crippen LogP) is 3.99. The summed E-state index contributed by atoms with van der Waals surface area (Å²) in [5, 5.41) is 13.7.